The first kappa shape index (κ1) is 21.0. The van der Waals surface area contributed by atoms with Crippen molar-refractivity contribution in [1.29, 1.82) is 0 Å². The molecule has 33 heavy (non-hydrogen) atoms. The molecule has 9 heteroatoms. The van der Waals surface area contributed by atoms with E-state index in [9.17, 15) is 4.79 Å². The molecule has 0 spiro atoms. The zero-order chi connectivity index (χ0) is 23.3. The maximum atomic E-state index is 15.1. The molecule has 0 unspecified atom stereocenters. The minimum absolute atomic E-state index is 0.0243. The fraction of sp³-hybridized carbons (Fsp3) is 0.292. The third-order valence-corrected chi connectivity index (χ3v) is 5.94. The topological polar surface area (TPSA) is 105 Å². The zero-order valence-corrected chi connectivity index (χ0v) is 18.7. The van der Waals surface area contributed by atoms with E-state index in [1.165, 1.54) is 6.07 Å². The second-order valence-electron chi connectivity index (χ2n) is 8.71. The highest BCUT2D eigenvalue weighted by Crippen LogP contribution is 2.39. The fourth-order valence-corrected chi connectivity index (χ4v) is 4.00. The van der Waals surface area contributed by atoms with Gasteiger partial charge in [0.1, 0.15) is 23.5 Å². The molecular formula is C24H24FN7O. The van der Waals surface area contributed by atoms with Crippen LogP contribution in [0.1, 0.15) is 60.4 Å². The number of benzene rings is 1. The number of rotatable bonds is 6. The van der Waals surface area contributed by atoms with E-state index in [1.54, 1.807) is 30.9 Å². The van der Waals surface area contributed by atoms with Crippen LogP contribution in [-0.4, -0.2) is 35.2 Å². The summed E-state index contributed by atoms with van der Waals surface area (Å²) in [5, 5.41) is 8.08. The van der Waals surface area contributed by atoms with Gasteiger partial charge in [-0.2, -0.15) is 0 Å². The molecule has 1 saturated carbocycles. The van der Waals surface area contributed by atoms with Crippen LogP contribution in [0.25, 0.3) is 28.3 Å². The normalized spacial score (nSPS) is 13.6. The summed E-state index contributed by atoms with van der Waals surface area (Å²) in [5.41, 5.74) is 9.22. The quantitative estimate of drug-likeness (QED) is 0.479. The summed E-state index contributed by atoms with van der Waals surface area (Å²) in [6.45, 7) is 5.82. The first-order valence-corrected chi connectivity index (χ1v) is 10.9. The van der Waals surface area contributed by atoms with E-state index in [0.717, 1.165) is 29.8 Å². The molecule has 1 fully saturated rings. The van der Waals surface area contributed by atoms with Crippen molar-refractivity contribution in [1.82, 2.24) is 29.3 Å². The number of carbonyl (C=O) groups excluding carboxylic acids is 1. The van der Waals surface area contributed by atoms with Crippen molar-refractivity contribution in [2.24, 2.45) is 5.73 Å². The Labute approximate surface area is 190 Å². The SMILES string of the molecule is Cc1cc(F)c(-c2ccc(-c3nncn3C(C)C)nc2C(N)=O)cc1-n1cnc(C2CC2)c1. The van der Waals surface area contributed by atoms with Gasteiger partial charge >= 0.3 is 0 Å². The average molecular weight is 446 g/mol. The molecule has 0 saturated heterocycles. The van der Waals surface area contributed by atoms with Crippen LogP contribution < -0.4 is 5.73 Å². The van der Waals surface area contributed by atoms with Crippen LogP contribution in [-0.2, 0) is 0 Å². The second kappa shape index (κ2) is 7.91. The van der Waals surface area contributed by atoms with E-state index >= 15 is 4.39 Å². The summed E-state index contributed by atoms with van der Waals surface area (Å²) >= 11 is 0. The smallest absolute Gasteiger partial charge is 0.267 e. The lowest BCUT2D eigenvalue weighted by atomic mass is 9.99. The third-order valence-electron chi connectivity index (χ3n) is 5.94. The van der Waals surface area contributed by atoms with E-state index in [1.807, 2.05) is 36.1 Å². The highest BCUT2D eigenvalue weighted by molar-refractivity contribution is 5.98. The molecule has 1 aliphatic carbocycles. The molecule has 3 aromatic heterocycles. The van der Waals surface area contributed by atoms with Crippen LogP contribution >= 0.6 is 0 Å². The number of aromatic nitrogens is 6. The lowest BCUT2D eigenvalue weighted by Crippen LogP contribution is -2.16. The summed E-state index contributed by atoms with van der Waals surface area (Å²) in [4.78, 5) is 21.3. The van der Waals surface area contributed by atoms with Crippen LogP contribution in [0, 0.1) is 12.7 Å². The molecule has 3 heterocycles. The van der Waals surface area contributed by atoms with Gasteiger partial charge in [-0.15, -0.1) is 10.2 Å². The first-order valence-electron chi connectivity index (χ1n) is 10.9. The average Bonchev–Trinajstić information content (AvgIpc) is 3.30. The van der Waals surface area contributed by atoms with E-state index < -0.39 is 11.7 Å². The molecule has 4 aromatic rings. The number of carbonyl (C=O) groups is 1. The number of aryl methyl sites for hydroxylation is 1. The lowest BCUT2D eigenvalue weighted by molar-refractivity contribution is 0.0996. The number of halogens is 1. The fourth-order valence-electron chi connectivity index (χ4n) is 4.00. The van der Waals surface area contributed by atoms with Crippen LogP contribution in [0.15, 0.2) is 43.1 Å². The number of primary amides is 1. The molecule has 0 bridgehead atoms. The van der Waals surface area contributed by atoms with Gasteiger partial charge < -0.3 is 14.9 Å². The van der Waals surface area contributed by atoms with Crippen molar-refractivity contribution in [2.75, 3.05) is 0 Å². The molecule has 1 aliphatic rings. The summed E-state index contributed by atoms with van der Waals surface area (Å²) in [6.07, 6.45) is 7.63. The van der Waals surface area contributed by atoms with Crippen molar-refractivity contribution < 1.29 is 9.18 Å². The maximum absolute atomic E-state index is 15.1. The van der Waals surface area contributed by atoms with E-state index in [-0.39, 0.29) is 17.3 Å². The Morgan fingerprint density at radius 1 is 1.18 bits per heavy atom. The molecular weight excluding hydrogens is 421 g/mol. The van der Waals surface area contributed by atoms with Gasteiger partial charge in [0.05, 0.1) is 17.7 Å². The van der Waals surface area contributed by atoms with Crippen LogP contribution in [0.3, 0.4) is 0 Å². The number of nitrogens with two attached hydrogens (primary N) is 1. The van der Waals surface area contributed by atoms with Crippen LogP contribution in [0.4, 0.5) is 4.39 Å². The minimum atomic E-state index is -0.748. The number of nitrogens with zero attached hydrogens (tertiary/aromatic N) is 6. The van der Waals surface area contributed by atoms with Gasteiger partial charge in [0.2, 0.25) is 0 Å². The summed E-state index contributed by atoms with van der Waals surface area (Å²) in [7, 11) is 0. The number of pyridine rings is 1. The Bertz CT molecular complexity index is 1370. The lowest BCUT2D eigenvalue weighted by Gasteiger charge is -2.14. The number of amides is 1. The highest BCUT2D eigenvalue weighted by atomic mass is 19.1. The maximum Gasteiger partial charge on any atom is 0.267 e. The summed E-state index contributed by atoms with van der Waals surface area (Å²) in [5.74, 6) is -0.184. The highest BCUT2D eigenvalue weighted by Gasteiger charge is 2.26. The van der Waals surface area contributed by atoms with Gasteiger partial charge in [-0.1, -0.05) is 0 Å². The van der Waals surface area contributed by atoms with Gasteiger partial charge in [0.15, 0.2) is 5.82 Å². The standard InChI is InChI=1S/C24H24FN7O/c1-13(2)32-12-28-30-24(32)19-7-6-16(22(29-19)23(26)33)17-9-21(14(3)8-18(17)25)31-10-20(27-11-31)15-4-5-15/h6-13,15H,4-5H2,1-3H3,(H2,26,33). The molecule has 2 N–H and O–H groups in total. The second-order valence-corrected chi connectivity index (χ2v) is 8.71. The number of imidazole rings is 1. The van der Waals surface area contributed by atoms with Crippen molar-refractivity contribution >= 4 is 5.91 Å². The third kappa shape index (κ3) is 3.79. The molecule has 0 aliphatic heterocycles. The summed E-state index contributed by atoms with van der Waals surface area (Å²) in [6, 6.07) is 6.62. The molecule has 8 nitrogen and oxygen atoms in total. The van der Waals surface area contributed by atoms with Crippen molar-refractivity contribution in [3.05, 3.63) is 65.9 Å². The Morgan fingerprint density at radius 2 is 1.97 bits per heavy atom. The van der Waals surface area contributed by atoms with Crippen molar-refractivity contribution in [3.8, 4) is 28.3 Å². The number of hydrogen-bond donors (Lipinski definition) is 1. The molecule has 168 valence electrons. The molecule has 1 aromatic carbocycles. The first-order chi connectivity index (χ1) is 15.8. The Morgan fingerprint density at radius 3 is 2.67 bits per heavy atom. The van der Waals surface area contributed by atoms with Gasteiger partial charge in [0.25, 0.3) is 5.91 Å². The van der Waals surface area contributed by atoms with Crippen LogP contribution in [0.5, 0.6) is 0 Å². The van der Waals surface area contributed by atoms with Gasteiger partial charge in [-0.25, -0.2) is 14.4 Å². The van der Waals surface area contributed by atoms with Crippen molar-refractivity contribution in [3.63, 3.8) is 0 Å². The molecule has 0 radical (unpaired) electrons. The minimum Gasteiger partial charge on any atom is -0.364 e. The van der Waals surface area contributed by atoms with Gasteiger partial charge in [-0.05, 0) is 63.4 Å². The zero-order valence-electron chi connectivity index (χ0n) is 18.7. The Balaban J connectivity index is 1.62. The predicted octanol–water partition coefficient (Wildman–Crippen LogP) is 4.20. The predicted molar refractivity (Wildman–Crippen MR) is 121 cm³/mol. The largest absolute Gasteiger partial charge is 0.364 e. The van der Waals surface area contributed by atoms with E-state index in [2.05, 4.69) is 20.2 Å². The van der Waals surface area contributed by atoms with Crippen LogP contribution in [0.2, 0.25) is 0 Å². The van der Waals surface area contributed by atoms with Gasteiger partial charge in [-0.3, -0.25) is 4.79 Å². The Hall–Kier alpha value is -3.88. The van der Waals surface area contributed by atoms with E-state index in [4.69, 9.17) is 5.73 Å². The molecule has 0 atom stereocenters. The van der Waals surface area contributed by atoms with Gasteiger partial charge in [0, 0.05) is 29.3 Å². The van der Waals surface area contributed by atoms with E-state index in [0.29, 0.717) is 23.0 Å². The monoisotopic (exact) mass is 445 g/mol. The number of hydrogen-bond acceptors (Lipinski definition) is 5. The molecule has 1 amide bonds. The Kier molecular flexibility index (Phi) is 5.03. The molecule has 5 rings (SSSR count). The van der Waals surface area contributed by atoms with Crippen molar-refractivity contribution in [2.45, 2.75) is 45.6 Å². The summed E-state index contributed by atoms with van der Waals surface area (Å²) < 4.78 is 18.9.